The maximum absolute atomic E-state index is 11.8. The predicted octanol–water partition coefficient (Wildman–Crippen LogP) is 1.32. The molecule has 1 atom stereocenters. The molecule has 1 N–H and O–H groups in total. The summed E-state index contributed by atoms with van der Waals surface area (Å²) in [6, 6.07) is 0.443. The van der Waals surface area contributed by atoms with Gasteiger partial charge in [0.2, 0.25) is 5.91 Å². The summed E-state index contributed by atoms with van der Waals surface area (Å²) in [5, 5.41) is 14.9. The summed E-state index contributed by atoms with van der Waals surface area (Å²) in [4.78, 5) is 11.8. The van der Waals surface area contributed by atoms with Gasteiger partial charge >= 0.3 is 0 Å². The molecule has 22 heavy (non-hydrogen) atoms. The number of nitrogens with zero attached hydrogens (tertiary/aromatic N) is 4. The molecule has 2 fully saturated rings. The fourth-order valence-electron chi connectivity index (χ4n) is 3.06. The van der Waals surface area contributed by atoms with Crippen molar-refractivity contribution in [1.82, 2.24) is 25.5 Å². The molecule has 1 unspecified atom stereocenters. The third-order valence-corrected chi connectivity index (χ3v) is 5.18. The molecule has 2 aliphatic rings. The minimum absolute atomic E-state index is 0.0559. The van der Waals surface area contributed by atoms with E-state index in [1.54, 1.807) is 11.8 Å². The van der Waals surface area contributed by atoms with E-state index in [9.17, 15) is 4.79 Å². The lowest BCUT2D eigenvalue weighted by Gasteiger charge is -2.12. The minimum Gasteiger partial charge on any atom is -0.376 e. The second kappa shape index (κ2) is 7.92. The molecule has 0 spiro atoms. The van der Waals surface area contributed by atoms with Crippen molar-refractivity contribution in [1.29, 1.82) is 0 Å². The lowest BCUT2D eigenvalue weighted by molar-refractivity contribution is -0.119. The van der Waals surface area contributed by atoms with E-state index in [0.717, 1.165) is 38.1 Å². The van der Waals surface area contributed by atoms with Crippen LogP contribution in [0.15, 0.2) is 0 Å². The van der Waals surface area contributed by atoms with Crippen LogP contribution in [0.4, 0.5) is 0 Å². The second-order valence-corrected chi connectivity index (χ2v) is 6.90. The third kappa shape index (κ3) is 4.19. The van der Waals surface area contributed by atoms with Gasteiger partial charge in [0.05, 0.1) is 23.7 Å². The summed E-state index contributed by atoms with van der Waals surface area (Å²) in [5.74, 6) is 2.05. The monoisotopic (exact) mass is 325 g/mol. The van der Waals surface area contributed by atoms with Gasteiger partial charge in [0.25, 0.3) is 0 Å². The van der Waals surface area contributed by atoms with Crippen molar-refractivity contribution in [2.75, 3.05) is 18.9 Å². The molecule has 1 saturated carbocycles. The maximum atomic E-state index is 11.8. The van der Waals surface area contributed by atoms with Crippen molar-refractivity contribution in [2.24, 2.45) is 0 Å². The van der Waals surface area contributed by atoms with Crippen molar-refractivity contribution in [2.45, 2.75) is 56.4 Å². The summed E-state index contributed by atoms with van der Waals surface area (Å²) >= 11 is 1.56. The van der Waals surface area contributed by atoms with Crippen LogP contribution >= 0.6 is 11.8 Å². The van der Waals surface area contributed by atoms with Crippen molar-refractivity contribution >= 4 is 17.7 Å². The molecule has 0 bridgehead atoms. The molecular weight excluding hydrogens is 302 g/mol. The van der Waals surface area contributed by atoms with E-state index < -0.39 is 0 Å². The number of nitrogens with one attached hydrogen (secondary N) is 1. The smallest absolute Gasteiger partial charge is 0.230 e. The van der Waals surface area contributed by atoms with Gasteiger partial charge in [-0.2, -0.15) is 0 Å². The summed E-state index contributed by atoms with van der Waals surface area (Å²) in [6.45, 7) is 1.44. The van der Waals surface area contributed by atoms with E-state index in [0.29, 0.717) is 24.1 Å². The van der Waals surface area contributed by atoms with E-state index in [1.165, 1.54) is 12.8 Å². The normalized spacial score (nSPS) is 22.3. The van der Waals surface area contributed by atoms with Crippen LogP contribution in [0.25, 0.3) is 0 Å². The quantitative estimate of drug-likeness (QED) is 0.814. The van der Waals surface area contributed by atoms with Crippen LogP contribution in [0.5, 0.6) is 0 Å². The zero-order chi connectivity index (χ0) is 15.2. The first-order chi connectivity index (χ1) is 10.8. The number of hydrogen-bond acceptors (Lipinski definition) is 6. The van der Waals surface area contributed by atoms with Crippen molar-refractivity contribution in [3.63, 3.8) is 0 Å². The number of hydrogen-bond donors (Lipinski definition) is 1. The summed E-state index contributed by atoms with van der Waals surface area (Å²) in [5.41, 5.74) is 0. The van der Waals surface area contributed by atoms with Gasteiger partial charge in [0.15, 0.2) is 5.82 Å². The van der Waals surface area contributed by atoms with Gasteiger partial charge in [-0.25, -0.2) is 4.68 Å². The van der Waals surface area contributed by atoms with Gasteiger partial charge in [-0.05, 0) is 36.1 Å². The number of aromatic nitrogens is 4. The number of amides is 1. The Bertz CT molecular complexity index is 483. The van der Waals surface area contributed by atoms with Crippen LogP contribution in [-0.4, -0.2) is 51.1 Å². The zero-order valence-corrected chi connectivity index (χ0v) is 13.6. The molecule has 1 saturated heterocycles. The van der Waals surface area contributed by atoms with Crippen LogP contribution in [0.1, 0.15) is 50.4 Å². The molecule has 1 aliphatic carbocycles. The molecule has 2 heterocycles. The molecule has 1 amide bonds. The largest absolute Gasteiger partial charge is 0.376 e. The first-order valence-corrected chi connectivity index (χ1v) is 9.21. The Balaban J connectivity index is 1.37. The standard InChI is InChI=1S/C14H23N5O2S/c20-14(15-8-12-6-3-7-21-12)10-22-9-13-16-17-18-19(13)11-4-1-2-5-11/h11-12H,1-10H2,(H,15,20). The van der Waals surface area contributed by atoms with Gasteiger partial charge < -0.3 is 10.1 Å². The van der Waals surface area contributed by atoms with E-state index in [1.807, 2.05) is 4.68 Å². The Hall–Kier alpha value is -1.15. The van der Waals surface area contributed by atoms with E-state index in [-0.39, 0.29) is 12.0 Å². The van der Waals surface area contributed by atoms with Crippen molar-refractivity contribution in [3.8, 4) is 0 Å². The Morgan fingerprint density at radius 3 is 2.95 bits per heavy atom. The van der Waals surface area contributed by atoms with Gasteiger partial charge in [-0.3, -0.25) is 4.79 Å². The van der Waals surface area contributed by atoms with Gasteiger partial charge in [-0.1, -0.05) is 12.8 Å². The Morgan fingerprint density at radius 2 is 2.18 bits per heavy atom. The summed E-state index contributed by atoms with van der Waals surface area (Å²) in [7, 11) is 0. The molecule has 7 nitrogen and oxygen atoms in total. The molecule has 1 aliphatic heterocycles. The van der Waals surface area contributed by atoms with Gasteiger partial charge in [-0.15, -0.1) is 16.9 Å². The lowest BCUT2D eigenvalue weighted by atomic mass is 10.2. The number of ether oxygens (including phenoxy) is 1. The number of carbonyl (C=O) groups is 1. The van der Waals surface area contributed by atoms with Crippen LogP contribution in [0.2, 0.25) is 0 Å². The van der Waals surface area contributed by atoms with Crippen molar-refractivity contribution in [3.05, 3.63) is 5.82 Å². The Kier molecular flexibility index (Phi) is 5.66. The molecule has 122 valence electrons. The average Bonchev–Trinajstić information content (AvgIpc) is 3.26. The van der Waals surface area contributed by atoms with E-state index in [2.05, 4.69) is 20.8 Å². The molecular formula is C14H23N5O2S. The van der Waals surface area contributed by atoms with Crippen LogP contribution in [0.3, 0.4) is 0 Å². The first-order valence-electron chi connectivity index (χ1n) is 8.05. The zero-order valence-electron chi connectivity index (χ0n) is 12.7. The minimum atomic E-state index is 0.0559. The fourth-order valence-corrected chi connectivity index (χ4v) is 3.82. The second-order valence-electron chi connectivity index (χ2n) is 5.91. The first kappa shape index (κ1) is 15.7. The topological polar surface area (TPSA) is 81.9 Å². The van der Waals surface area contributed by atoms with Crippen LogP contribution < -0.4 is 5.32 Å². The average molecular weight is 325 g/mol. The highest BCUT2D eigenvalue weighted by Crippen LogP contribution is 2.29. The van der Waals surface area contributed by atoms with E-state index in [4.69, 9.17) is 4.74 Å². The molecule has 3 rings (SSSR count). The third-order valence-electron chi connectivity index (χ3n) is 4.25. The molecule has 1 aromatic heterocycles. The van der Waals surface area contributed by atoms with Crippen molar-refractivity contribution < 1.29 is 9.53 Å². The Labute approximate surface area is 134 Å². The highest BCUT2D eigenvalue weighted by atomic mass is 32.2. The maximum Gasteiger partial charge on any atom is 0.230 e. The number of rotatable bonds is 7. The number of carbonyl (C=O) groups excluding carboxylic acids is 1. The number of thioether (sulfide) groups is 1. The number of tetrazole rings is 1. The van der Waals surface area contributed by atoms with Crippen LogP contribution in [0, 0.1) is 0 Å². The van der Waals surface area contributed by atoms with Gasteiger partial charge in [0.1, 0.15) is 0 Å². The highest BCUT2D eigenvalue weighted by molar-refractivity contribution is 7.99. The molecule has 1 aromatic rings. The summed E-state index contributed by atoms with van der Waals surface area (Å²) < 4.78 is 7.44. The summed E-state index contributed by atoms with van der Waals surface area (Å²) in [6.07, 6.45) is 7.16. The predicted molar refractivity (Wildman–Crippen MR) is 83.5 cm³/mol. The van der Waals surface area contributed by atoms with Crippen LogP contribution in [-0.2, 0) is 15.3 Å². The van der Waals surface area contributed by atoms with Gasteiger partial charge in [0, 0.05) is 13.2 Å². The molecule has 0 radical (unpaired) electrons. The fraction of sp³-hybridized carbons (Fsp3) is 0.857. The van der Waals surface area contributed by atoms with E-state index >= 15 is 0 Å². The Morgan fingerprint density at radius 1 is 1.32 bits per heavy atom. The lowest BCUT2D eigenvalue weighted by Crippen LogP contribution is -2.32. The SMILES string of the molecule is O=C(CSCc1nnnn1C1CCCC1)NCC1CCCO1. The molecule has 8 heteroatoms. The molecule has 0 aromatic carbocycles. The highest BCUT2D eigenvalue weighted by Gasteiger charge is 2.21.